The van der Waals surface area contributed by atoms with Gasteiger partial charge in [0.1, 0.15) is 0 Å². The van der Waals surface area contributed by atoms with Gasteiger partial charge >= 0.3 is 0 Å². The lowest BCUT2D eigenvalue weighted by Gasteiger charge is -2.12. The fourth-order valence-electron chi connectivity index (χ4n) is 1.40. The van der Waals surface area contributed by atoms with E-state index in [1.807, 2.05) is 0 Å². The maximum absolute atomic E-state index is 12.4. The zero-order chi connectivity index (χ0) is 7.78. The molecule has 1 saturated carbocycles. The molecule has 0 aliphatic heterocycles. The van der Waals surface area contributed by atoms with Gasteiger partial charge in [-0.3, -0.25) is 0 Å². The van der Waals surface area contributed by atoms with Gasteiger partial charge in [-0.1, -0.05) is 0 Å². The average molecular weight is 150 g/mol. The maximum atomic E-state index is 12.4. The van der Waals surface area contributed by atoms with Gasteiger partial charge in [0.05, 0.1) is 6.10 Å². The van der Waals surface area contributed by atoms with Crippen molar-refractivity contribution < 1.29 is 13.9 Å². The van der Waals surface area contributed by atoms with E-state index in [4.69, 9.17) is 5.11 Å². The third-order valence-electron chi connectivity index (χ3n) is 2.12. The van der Waals surface area contributed by atoms with Crippen LogP contribution in [0.15, 0.2) is 0 Å². The number of rotatable bonds is 1. The number of halogens is 2. The highest BCUT2D eigenvalue weighted by molar-refractivity contribution is 4.83. The van der Waals surface area contributed by atoms with Crippen molar-refractivity contribution in [3.8, 4) is 0 Å². The summed E-state index contributed by atoms with van der Waals surface area (Å²) in [5.41, 5.74) is 0. The van der Waals surface area contributed by atoms with Gasteiger partial charge in [0.25, 0.3) is 0 Å². The van der Waals surface area contributed by atoms with Crippen molar-refractivity contribution in [1.82, 2.24) is 0 Å². The van der Waals surface area contributed by atoms with Crippen LogP contribution in [0.25, 0.3) is 0 Å². The second-order valence-corrected chi connectivity index (χ2v) is 3.10. The molecule has 0 spiro atoms. The first kappa shape index (κ1) is 7.92. The Hall–Kier alpha value is -0.180. The van der Waals surface area contributed by atoms with Crippen LogP contribution in [-0.2, 0) is 0 Å². The molecule has 1 N–H and O–H groups in total. The molecule has 1 fully saturated rings. The van der Waals surface area contributed by atoms with Crippen molar-refractivity contribution in [3.05, 3.63) is 0 Å². The molecule has 1 rings (SSSR count). The molecule has 0 aromatic heterocycles. The van der Waals surface area contributed by atoms with Crippen LogP contribution in [0.2, 0.25) is 0 Å². The first-order chi connectivity index (χ1) is 4.51. The monoisotopic (exact) mass is 150 g/mol. The second-order valence-electron chi connectivity index (χ2n) is 3.10. The molecular formula is C7H12F2O. The molecule has 60 valence electrons. The highest BCUT2D eigenvalue weighted by Crippen LogP contribution is 2.40. The Morgan fingerprint density at radius 2 is 2.20 bits per heavy atom. The van der Waals surface area contributed by atoms with Crippen molar-refractivity contribution >= 4 is 0 Å². The molecule has 1 aliphatic carbocycles. The molecule has 2 atom stereocenters. The van der Waals surface area contributed by atoms with Crippen LogP contribution in [0, 0.1) is 5.92 Å². The van der Waals surface area contributed by atoms with Crippen LogP contribution in [-0.4, -0.2) is 17.1 Å². The Labute approximate surface area is 59.0 Å². The van der Waals surface area contributed by atoms with Gasteiger partial charge < -0.3 is 5.11 Å². The predicted molar refractivity (Wildman–Crippen MR) is 34.0 cm³/mol. The van der Waals surface area contributed by atoms with E-state index in [1.54, 1.807) is 6.92 Å². The number of hydrogen-bond donors (Lipinski definition) is 1. The largest absolute Gasteiger partial charge is 0.393 e. The van der Waals surface area contributed by atoms with Crippen LogP contribution >= 0.6 is 0 Å². The average Bonchev–Trinajstić information content (AvgIpc) is 2.10. The molecule has 3 heteroatoms. The van der Waals surface area contributed by atoms with Gasteiger partial charge in [-0.2, -0.15) is 0 Å². The van der Waals surface area contributed by atoms with E-state index < -0.39 is 12.0 Å². The minimum Gasteiger partial charge on any atom is -0.393 e. The minimum absolute atomic E-state index is 0.0530. The van der Waals surface area contributed by atoms with E-state index in [-0.39, 0.29) is 18.8 Å². The van der Waals surface area contributed by atoms with Crippen molar-refractivity contribution in [1.29, 1.82) is 0 Å². The fourth-order valence-corrected chi connectivity index (χ4v) is 1.40. The highest BCUT2D eigenvalue weighted by Gasteiger charge is 2.40. The Morgan fingerprint density at radius 3 is 2.40 bits per heavy atom. The summed E-state index contributed by atoms with van der Waals surface area (Å²) >= 11 is 0. The van der Waals surface area contributed by atoms with Crippen molar-refractivity contribution in [2.75, 3.05) is 0 Å². The van der Waals surface area contributed by atoms with Gasteiger partial charge in [-0.25, -0.2) is 8.78 Å². The zero-order valence-electron chi connectivity index (χ0n) is 5.98. The lowest BCUT2D eigenvalue weighted by atomic mass is 10.0. The number of aliphatic hydroxyl groups is 1. The van der Waals surface area contributed by atoms with Gasteiger partial charge in [-0.05, 0) is 19.3 Å². The molecule has 0 saturated heterocycles. The van der Waals surface area contributed by atoms with Gasteiger partial charge in [0.15, 0.2) is 0 Å². The summed E-state index contributed by atoms with van der Waals surface area (Å²) in [4.78, 5) is 0. The topological polar surface area (TPSA) is 20.2 Å². The Kier molecular flexibility index (Phi) is 1.95. The summed E-state index contributed by atoms with van der Waals surface area (Å²) in [6.45, 7) is 1.58. The smallest absolute Gasteiger partial charge is 0.248 e. The summed E-state index contributed by atoms with van der Waals surface area (Å²) < 4.78 is 24.9. The molecule has 10 heavy (non-hydrogen) atoms. The number of aliphatic hydroxyl groups excluding tert-OH is 1. The van der Waals surface area contributed by atoms with E-state index in [0.717, 1.165) is 0 Å². The van der Waals surface area contributed by atoms with Gasteiger partial charge in [0, 0.05) is 12.8 Å². The normalized spacial score (nSPS) is 34.2. The zero-order valence-corrected chi connectivity index (χ0v) is 5.98. The lowest BCUT2D eigenvalue weighted by Crippen LogP contribution is -2.16. The Bertz CT molecular complexity index is 123. The molecule has 1 nitrogen and oxygen atoms in total. The first-order valence-electron chi connectivity index (χ1n) is 3.57. The third-order valence-corrected chi connectivity index (χ3v) is 2.12. The van der Waals surface area contributed by atoms with E-state index in [0.29, 0.717) is 6.42 Å². The molecule has 0 amide bonds. The molecule has 0 heterocycles. The molecule has 0 radical (unpaired) electrons. The molecule has 1 aliphatic rings. The number of hydrogen-bond acceptors (Lipinski definition) is 1. The summed E-state index contributed by atoms with van der Waals surface area (Å²) in [5, 5.41) is 8.95. The van der Waals surface area contributed by atoms with Crippen LogP contribution in [0.4, 0.5) is 8.78 Å². The second kappa shape index (κ2) is 2.46. The Balaban J connectivity index is 2.43. The summed E-state index contributed by atoms with van der Waals surface area (Å²) in [7, 11) is 0. The summed E-state index contributed by atoms with van der Waals surface area (Å²) in [6.07, 6.45) is -0.300. The van der Waals surface area contributed by atoms with Crippen molar-refractivity contribution in [3.63, 3.8) is 0 Å². The minimum atomic E-state index is -2.51. The highest BCUT2D eigenvalue weighted by atomic mass is 19.3. The van der Waals surface area contributed by atoms with Gasteiger partial charge in [0.2, 0.25) is 5.92 Å². The standard InChI is InChI=1S/C7H12F2O/c1-5(10)6-2-3-7(8,9)4-6/h5-6,10H,2-4H2,1H3. The Morgan fingerprint density at radius 1 is 1.60 bits per heavy atom. The summed E-state index contributed by atoms with van der Waals surface area (Å²) in [5.74, 6) is -2.70. The van der Waals surface area contributed by atoms with E-state index >= 15 is 0 Å². The van der Waals surface area contributed by atoms with Crippen LogP contribution in [0.3, 0.4) is 0 Å². The SMILES string of the molecule is CC(O)C1CCC(F)(F)C1. The number of alkyl halides is 2. The lowest BCUT2D eigenvalue weighted by molar-refractivity contribution is -0.00322. The van der Waals surface area contributed by atoms with Crippen LogP contribution in [0.1, 0.15) is 26.2 Å². The molecule has 0 aromatic carbocycles. The third kappa shape index (κ3) is 1.66. The molecular weight excluding hydrogens is 138 g/mol. The quantitative estimate of drug-likeness (QED) is 0.604. The van der Waals surface area contributed by atoms with E-state index in [2.05, 4.69) is 0 Å². The van der Waals surface area contributed by atoms with E-state index in [9.17, 15) is 8.78 Å². The molecule has 2 unspecified atom stereocenters. The summed E-state index contributed by atoms with van der Waals surface area (Å²) in [6, 6.07) is 0. The van der Waals surface area contributed by atoms with Crippen molar-refractivity contribution in [2.24, 2.45) is 5.92 Å². The fraction of sp³-hybridized carbons (Fsp3) is 1.00. The van der Waals surface area contributed by atoms with Gasteiger partial charge in [-0.15, -0.1) is 0 Å². The molecule has 0 bridgehead atoms. The van der Waals surface area contributed by atoms with E-state index in [1.165, 1.54) is 0 Å². The van der Waals surface area contributed by atoms with Crippen LogP contribution < -0.4 is 0 Å². The maximum Gasteiger partial charge on any atom is 0.248 e. The van der Waals surface area contributed by atoms with Crippen LogP contribution in [0.5, 0.6) is 0 Å². The first-order valence-corrected chi connectivity index (χ1v) is 3.57. The predicted octanol–water partition coefficient (Wildman–Crippen LogP) is 1.80. The van der Waals surface area contributed by atoms with Crippen molar-refractivity contribution in [2.45, 2.75) is 38.2 Å². The molecule has 0 aromatic rings.